The third-order valence-corrected chi connectivity index (χ3v) is 8.97. The van der Waals surface area contributed by atoms with Crippen LogP contribution in [0.15, 0.2) is 102 Å². The van der Waals surface area contributed by atoms with E-state index in [1.165, 1.54) is 54.7 Å². The van der Waals surface area contributed by atoms with E-state index in [1.807, 2.05) is 48.5 Å². The van der Waals surface area contributed by atoms with Crippen LogP contribution in [0.3, 0.4) is 0 Å². The van der Waals surface area contributed by atoms with Crippen LogP contribution in [-0.2, 0) is 26.2 Å². The second-order valence-electron chi connectivity index (χ2n) is 11.2. The fourth-order valence-corrected chi connectivity index (χ4v) is 7.19. The van der Waals surface area contributed by atoms with Crippen molar-refractivity contribution in [2.24, 2.45) is 16.9 Å². The summed E-state index contributed by atoms with van der Waals surface area (Å²) in [7, 11) is 0. The van der Waals surface area contributed by atoms with E-state index in [4.69, 9.17) is 0 Å². The van der Waals surface area contributed by atoms with E-state index in [2.05, 4.69) is 10.5 Å². The van der Waals surface area contributed by atoms with Crippen LogP contribution in [-0.4, -0.2) is 33.8 Å². The molecule has 0 unspecified atom stereocenters. The van der Waals surface area contributed by atoms with Crippen molar-refractivity contribution < 1.29 is 24.2 Å². The van der Waals surface area contributed by atoms with Gasteiger partial charge in [-0.3, -0.25) is 34.6 Å². The van der Waals surface area contributed by atoms with Crippen LogP contribution in [0.2, 0.25) is 0 Å². The Balaban J connectivity index is 1.29. The SMILES string of the molecule is O=C(Cc1ccc([N+](=O)[O-])cc1)N/N=C\C12c3ccccc3C(c3ccccc31)[C@H]1C(=O)N(c3ccc([N+](=O)[O-])cc3)C(=O)[C@@H]12. The molecule has 1 N–H and O–H groups in total. The van der Waals surface area contributed by atoms with Gasteiger partial charge in [0.25, 0.3) is 11.4 Å². The quantitative estimate of drug-likeness (QED) is 0.142. The fraction of sp³-hybridized carbons (Fsp3) is 0.152. The molecule has 12 nitrogen and oxygen atoms in total. The Kier molecular flexibility index (Phi) is 6.36. The highest BCUT2D eigenvalue weighted by Crippen LogP contribution is 2.63. The van der Waals surface area contributed by atoms with E-state index in [0.29, 0.717) is 5.56 Å². The maximum Gasteiger partial charge on any atom is 0.269 e. The lowest BCUT2D eigenvalue weighted by Gasteiger charge is -2.52. The van der Waals surface area contributed by atoms with Crippen molar-refractivity contribution in [1.29, 1.82) is 0 Å². The largest absolute Gasteiger partial charge is 0.274 e. The molecule has 1 heterocycles. The molecule has 8 rings (SSSR count). The Morgan fingerprint density at radius 3 is 1.89 bits per heavy atom. The number of nitro benzene ring substituents is 2. The summed E-state index contributed by atoms with van der Waals surface area (Å²) in [6.45, 7) is 0. The van der Waals surface area contributed by atoms with Crippen LogP contribution >= 0.6 is 0 Å². The molecule has 1 fully saturated rings. The summed E-state index contributed by atoms with van der Waals surface area (Å²) >= 11 is 0. The molecule has 4 aliphatic rings. The lowest BCUT2D eigenvalue weighted by molar-refractivity contribution is -0.385. The molecule has 0 saturated carbocycles. The van der Waals surface area contributed by atoms with Crippen molar-refractivity contribution in [3.05, 3.63) is 145 Å². The normalized spacial score (nSPS) is 22.6. The number of nitrogens with one attached hydrogen (secondary N) is 1. The van der Waals surface area contributed by atoms with Crippen molar-refractivity contribution >= 4 is 41.0 Å². The summed E-state index contributed by atoms with van der Waals surface area (Å²) in [6.07, 6.45) is 1.45. The van der Waals surface area contributed by atoms with Crippen molar-refractivity contribution in [3.63, 3.8) is 0 Å². The number of non-ortho nitro benzene ring substituents is 2. The van der Waals surface area contributed by atoms with Crippen molar-refractivity contribution in [2.45, 2.75) is 17.8 Å². The van der Waals surface area contributed by atoms with E-state index in [-0.39, 0.29) is 23.5 Å². The summed E-state index contributed by atoms with van der Waals surface area (Å²) in [5.74, 6) is -3.43. The van der Waals surface area contributed by atoms with Gasteiger partial charge in [-0.2, -0.15) is 5.10 Å². The summed E-state index contributed by atoms with van der Waals surface area (Å²) < 4.78 is 0. The minimum absolute atomic E-state index is 0.0883. The van der Waals surface area contributed by atoms with Gasteiger partial charge in [0, 0.05) is 36.4 Å². The zero-order chi connectivity index (χ0) is 31.5. The number of nitro groups is 2. The van der Waals surface area contributed by atoms with Crippen LogP contribution in [0, 0.1) is 32.1 Å². The van der Waals surface area contributed by atoms with Gasteiger partial charge in [-0.05, 0) is 39.9 Å². The summed E-state index contributed by atoms with van der Waals surface area (Å²) in [6, 6.07) is 26.1. The molecule has 1 saturated heterocycles. The second-order valence-corrected chi connectivity index (χ2v) is 11.2. The summed E-state index contributed by atoms with van der Waals surface area (Å²) in [5.41, 5.74) is 5.23. The zero-order valence-corrected chi connectivity index (χ0v) is 23.4. The van der Waals surface area contributed by atoms with Crippen molar-refractivity contribution in [3.8, 4) is 0 Å². The fourth-order valence-electron chi connectivity index (χ4n) is 7.19. The molecule has 0 aromatic heterocycles. The van der Waals surface area contributed by atoms with Gasteiger partial charge in [-0.1, -0.05) is 60.7 Å². The molecule has 222 valence electrons. The zero-order valence-electron chi connectivity index (χ0n) is 23.4. The minimum Gasteiger partial charge on any atom is -0.274 e. The van der Waals surface area contributed by atoms with Crippen LogP contribution < -0.4 is 10.3 Å². The maximum atomic E-state index is 14.4. The second kappa shape index (κ2) is 10.3. The highest BCUT2D eigenvalue weighted by molar-refractivity contribution is 6.25. The van der Waals surface area contributed by atoms with Gasteiger partial charge in [-0.25, -0.2) is 10.3 Å². The van der Waals surface area contributed by atoms with E-state index in [0.717, 1.165) is 27.2 Å². The lowest BCUT2D eigenvalue weighted by Crippen LogP contribution is -2.54. The molecule has 12 heteroatoms. The number of carbonyl (C=O) groups is 3. The number of anilines is 1. The summed E-state index contributed by atoms with van der Waals surface area (Å²) in [4.78, 5) is 63.7. The third-order valence-electron chi connectivity index (χ3n) is 8.97. The van der Waals surface area contributed by atoms with Crippen LogP contribution in [0.25, 0.3) is 0 Å². The number of rotatable bonds is 7. The molecule has 1 aliphatic heterocycles. The Morgan fingerprint density at radius 1 is 0.800 bits per heavy atom. The first-order chi connectivity index (χ1) is 21.7. The number of hydrogen-bond acceptors (Lipinski definition) is 8. The maximum absolute atomic E-state index is 14.4. The molecule has 2 atom stereocenters. The highest BCUT2D eigenvalue weighted by atomic mass is 16.6. The standard InChI is InChI=1S/C33H23N5O7/c39-27(17-19-9-11-21(12-10-19)37(42)43)35-34-18-33-25-7-3-1-5-23(25)28(24-6-2-4-8-26(24)33)29-30(33)32(41)36(31(29)40)20-13-15-22(16-14-20)38(44)45/h1-16,18,28-30H,17H2,(H,35,39)/b34-18-/t28?,29-,30-,33?/m1/s1. The van der Waals surface area contributed by atoms with Gasteiger partial charge in [0.05, 0.1) is 39.2 Å². The van der Waals surface area contributed by atoms with E-state index >= 15 is 0 Å². The molecule has 0 radical (unpaired) electrons. The first-order valence-electron chi connectivity index (χ1n) is 14.1. The molecule has 2 bridgehead atoms. The van der Waals surface area contributed by atoms with Gasteiger partial charge in [0.1, 0.15) is 0 Å². The number of nitrogens with zero attached hydrogens (tertiary/aromatic N) is 4. The number of hydrazone groups is 1. The van der Waals surface area contributed by atoms with Crippen molar-refractivity contribution in [2.75, 3.05) is 4.90 Å². The van der Waals surface area contributed by atoms with Gasteiger partial charge in [-0.15, -0.1) is 0 Å². The molecule has 4 aromatic carbocycles. The lowest BCUT2D eigenvalue weighted by atomic mass is 9.47. The molecular weight excluding hydrogens is 578 g/mol. The monoisotopic (exact) mass is 601 g/mol. The Hall–Kier alpha value is -6.04. The topological polar surface area (TPSA) is 165 Å². The third kappa shape index (κ3) is 4.13. The molecule has 3 amide bonds. The van der Waals surface area contributed by atoms with E-state index in [9.17, 15) is 34.6 Å². The van der Waals surface area contributed by atoms with Crippen LogP contribution in [0.5, 0.6) is 0 Å². The smallest absolute Gasteiger partial charge is 0.269 e. The average Bonchev–Trinajstić information content (AvgIpc) is 3.32. The number of carbonyl (C=O) groups excluding carboxylic acids is 3. The van der Waals surface area contributed by atoms with Crippen molar-refractivity contribution in [1.82, 2.24) is 5.43 Å². The first-order valence-corrected chi connectivity index (χ1v) is 14.1. The predicted octanol–water partition coefficient (Wildman–Crippen LogP) is 4.40. The number of amides is 3. The first kappa shape index (κ1) is 27.8. The van der Waals surface area contributed by atoms with E-state index < -0.39 is 50.7 Å². The van der Waals surface area contributed by atoms with Crippen LogP contribution in [0.1, 0.15) is 33.7 Å². The highest BCUT2D eigenvalue weighted by Gasteiger charge is 2.68. The number of imide groups is 1. The molecular formula is C33H23N5O7. The molecule has 0 spiro atoms. The molecule has 45 heavy (non-hydrogen) atoms. The summed E-state index contributed by atoms with van der Waals surface area (Å²) in [5, 5.41) is 26.6. The van der Waals surface area contributed by atoms with Gasteiger partial charge in [0.15, 0.2) is 0 Å². The van der Waals surface area contributed by atoms with E-state index in [1.54, 1.807) is 0 Å². The molecule has 3 aliphatic carbocycles. The average molecular weight is 602 g/mol. The Labute approximate surface area is 255 Å². The number of hydrogen-bond donors (Lipinski definition) is 1. The Morgan fingerprint density at radius 2 is 1.33 bits per heavy atom. The van der Waals surface area contributed by atoms with Gasteiger partial charge >= 0.3 is 0 Å². The minimum atomic E-state index is -1.21. The van der Waals surface area contributed by atoms with Gasteiger partial charge in [0.2, 0.25) is 17.7 Å². The molecule has 4 aromatic rings. The predicted molar refractivity (Wildman–Crippen MR) is 162 cm³/mol. The Bertz CT molecular complexity index is 1910. The van der Waals surface area contributed by atoms with Gasteiger partial charge < -0.3 is 0 Å². The van der Waals surface area contributed by atoms with Crippen LogP contribution in [0.4, 0.5) is 17.1 Å². The number of benzene rings is 4.